The van der Waals surface area contributed by atoms with Gasteiger partial charge in [0.15, 0.2) is 5.92 Å². The first-order valence-corrected chi connectivity index (χ1v) is 8.60. The topological polar surface area (TPSA) is 92.1 Å². The highest BCUT2D eigenvalue weighted by Crippen LogP contribution is 2.11. The number of rotatable bonds is 4. The first-order chi connectivity index (χ1) is 12.0. The SMILES string of the molecule is CC(=NC1CC[NH+](Cc2ccccc2)CC1)C1C(=O)NC(=O)NC1=O. The first kappa shape index (κ1) is 17.3. The molecule has 1 aromatic rings. The average Bonchev–Trinajstić information content (AvgIpc) is 2.56. The lowest BCUT2D eigenvalue weighted by molar-refractivity contribution is -0.918. The first-order valence-electron chi connectivity index (χ1n) is 8.60. The van der Waals surface area contributed by atoms with Gasteiger partial charge in [0.25, 0.3) is 0 Å². The van der Waals surface area contributed by atoms with Crippen LogP contribution in [-0.2, 0) is 16.1 Å². The van der Waals surface area contributed by atoms with Gasteiger partial charge in [-0.3, -0.25) is 25.2 Å². The molecule has 25 heavy (non-hydrogen) atoms. The van der Waals surface area contributed by atoms with Crippen molar-refractivity contribution >= 4 is 23.6 Å². The van der Waals surface area contributed by atoms with Crippen LogP contribution in [0.4, 0.5) is 4.79 Å². The van der Waals surface area contributed by atoms with Crippen LogP contribution < -0.4 is 15.5 Å². The van der Waals surface area contributed by atoms with Crippen molar-refractivity contribution in [3.63, 3.8) is 0 Å². The Balaban J connectivity index is 1.55. The molecule has 0 aromatic heterocycles. The van der Waals surface area contributed by atoms with Crippen LogP contribution in [0, 0.1) is 5.92 Å². The molecule has 2 aliphatic heterocycles. The number of barbiturate groups is 1. The number of nitrogens with zero attached hydrogens (tertiary/aromatic N) is 1. The van der Waals surface area contributed by atoms with Crippen LogP contribution in [0.3, 0.4) is 0 Å². The van der Waals surface area contributed by atoms with Crippen LogP contribution in [0.1, 0.15) is 25.3 Å². The number of nitrogens with one attached hydrogen (secondary N) is 3. The van der Waals surface area contributed by atoms with E-state index in [1.54, 1.807) is 6.92 Å². The quantitative estimate of drug-likeness (QED) is 0.517. The fourth-order valence-corrected chi connectivity index (χ4v) is 3.46. The lowest BCUT2D eigenvalue weighted by atomic mass is 9.99. The van der Waals surface area contributed by atoms with E-state index in [2.05, 4.69) is 39.9 Å². The number of aliphatic imine (C=N–C) groups is 1. The normalized spacial score (nSPS) is 25.5. The summed E-state index contributed by atoms with van der Waals surface area (Å²) in [7, 11) is 0. The number of piperidine rings is 1. The number of likely N-dealkylation sites (tertiary alicyclic amines) is 1. The summed E-state index contributed by atoms with van der Waals surface area (Å²) in [6.45, 7) is 4.71. The summed E-state index contributed by atoms with van der Waals surface area (Å²) in [5.74, 6) is -2.20. The Morgan fingerprint density at radius 1 is 1.08 bits per heavy atom. The van der Waals surface area contributed by atoms with Crippen molar-refractivity contribution in [2.24, 2.45) is 10.9 Å². The van der Waals surface area contributed by atoms with Crippen LogP contribution in [0.5, 0.6) is 0 Å². The van der Waals surface area contributed by atoms with Gasteiger partial charge < -0.3 is 4.90 Å². The number of hydrogen-bond donors (Lipinski definition) is 3. The van der Waals surface area contributed by atoms with E-state index in [1.165, 1.54) is 10.5 Å². The molecule has 3 N–H and O–H groups in total. The third kappa shape index (κ3) is 4.30. The molecule has 7 nitrogen and oxygen atoms in total. The van der Waals surface area contributed by atoms with Crippen molar-refractivity contribution < 1.29 is 19.3 Å². The smallest absolute Gasteiger partial charge is 0.328 e. The number of carbonyl (C=O) groups is 3. The van der Waals surface area contributed by atoms with E-state index in [4.69, 9.17) is 0 Å². The van der Waals surface area contributed by atoms with E-state index in [-0.39, 0.29) is 6.04 Å². The minimum atomic E-state index is -1.01. The van der Waals surface area contributed by atoms with Crippen molar-refractivity contribution in [2.45, 2.75) is 32.4 Å². The fraction of sp³-hybridized carbons (Fsp3) is 0.444. The molecule has 0 spiro atoms. The molecule has 2 heterocycles. The minimum Gasteiger partial charge on any atom is -0.331 e. The standard InChI is InChI=1S/C18H22N4O3/c1-12(15-16(23)20-18(25)21-17(15)24)19-14-7-9-22(10-8-14)11-13-5-3-2-4-6-13/h2-6,14-15H,7-11H2,1H3,(H2,20,21,23,24,25)/p+1. The van der Waals surface area contributed by atoms with Crippen molar-refractivity contribution in [3.8, 4) is 0 Å². The Morgan fingerprint density at radius 3 is 2.28 bits per heavy atom. The van der Waals surface area contributed by atoms with E-state index in [0.717, 1.165) is 32.5 Å². The Morgan fingerprint density at radius 2 is 1.68 bits per heavy atom. The van der Waals surface area contributed by atoms with Crippen LogP contribution in [0.2, 0.25) is 0 Å². The lowest BCUT2D eigenvalue weighted by Crippen LogP contribution is -3.12. The zero-order valence-corrected chi connectivity index (χ0v) is 14.2. The largest absolute Gasteiger partial charge is 0.331 e. The monoisotopic (exact) mass is 343 g/mol. The summed E-state index contributed by atoms with van der Waals surface area (Å²) in [5.41, 5.74) is 1.80. The summed E-state index contributed by atoms with van der Waals surface area (Å²) < 4.78 is 0. The van der Waals surface area contributed by atoms with E-state index < -0.39 is 23.8 Å². The molecule has 3 rings (SSSR count). The number of carbonyl (C=O) groups excluding carboxylic acids is 3. The molecule has 132 valence electrons. The number of amides is 4. The molecule has 2 fully saturated rings. The predicted octanol–water partition coefficient (Wildman–Crippen LogP) is -0.323. The van der Waals surface area contributed by atoms with Gasteiger partial charge in [-0.05, 0) is 6.92 Å². The number of imide groups is 2. The van der Waals surface area contributed by atoms with E-state index in [9.17, 15) is 14.4 Å². The summed E-state index contributed by atoms with van der Waals surface area (Å²) in [6, 6.07) is 9.77. The highest BCUT2D eigenvalue weighted by molar-refractivity contribution is 6.27. The van der Waals surface area contributed by atoms with Gasteiger partial charge in [-0.25, -0.2) is 4.79 Å². The van der Waals surface area contributed by atoms with Crippen LogP contribution in [-0.4, -0.2) is 42.7 Å². The molecule has 0 bridgehead atoms. The summed E-state index contributed by atoms with van der Waals surface area (Å²) in [5, 5.41) is 4.24. The molecule has 0 unspecified atom stereocenters. The average molecular weight is 343 g/mol. The predicted molar refractivity (Wildman–Crippen MR) is 92.1 cm³/mol. The molecule has 7 heteroatoms. The maximum absolute atomic E-state index is 11.9. The second kappa shape index (κ2) is 7.57. The third-order valence-electron chi connectivity index (χ3n) is 4.76. The maximum Gasteiger partial charge on any atom is 0.328 e. The van der Waals surface area contributed by atoms with Crippen molar-refractivity contribution in [1.29, 1.82) is 0 Å². The molecule has 0 radical (unpaired) electrons. The zero-order valence-electron chi connectivity index (χ0n) is 14.2. The Hall–Kier alpha value is -2.54. The molecule has 0 aliphatic carbocycles. The highest BCUT2D eigenvalue weighted by Gasteiger charge is 2.36. The molecule has 2 aliphatic rings. The molecular formula is C18H23N4O3+. The second-order valence-corrected chi connectivity index (χ2v) is 6.65. The Labute approximate surface area is 146 Å². The van der Waals surface area contributed by atoms with Crippen molar-refractivity contribution in [3.05, 3.63) is 35.9 Å². The number of quaternary nitrogens is 1. The number of hydrogen-bond acceptors (Lipinski definition) is 4. The van der Waals surface area contributed by atoms with E-state index >= 15 is 0 Å². The van der Waals surface area contributed by atoms with E-state index in [1.807, 2.05) is 6.07 Å². The zero-order chi connectivity index (χ0) is 17.8. The maximum atomic E-state index is 11.9. The van der Waals surface area contributed by atoms with Gasteiger partial charge in [0.05, 0.1) is 19.1 Å². The Kier molecular flexibility index (Phi) is 5.23. The van der Waals surface area contributed by atoms with Gasteiger partial charge in [0, 0.05) is 24.1 Å². The number of benzene rings is 1. The second-order valence-electron chi connectivity index (χ2n) is 6.65. The summed E-state index contributed by atoms with van der Waals surface area (Å²) in [6.07, 6.45) is 1.85. The van der Waals surface area contributed by atoms with Gasteiger partial charge in [0.1, 0.15) is 6.54 Å². The van der Waals surface area contributed by atoms with Crippen molar-refractivity contribution in [1.82, 2.24) is 10.6 Å². The van der Waals surface area contributed by atoms with Crippen molar-refractivity contribution in [2.75, 3.05) is 13.1 Å². The van der Waals surface area contributed by atoms with Gasteiger partial charge in [-0.15, -0.1) is 0 Å². The minimum absolute atomic E-state index is 0.123. The highest BCUT2D eigenvalue weighted by atomic mass is 16.2. The molecular weight excluding hydrogens is 320 g/mol. The fourth-order valence-electron chi connectivity index (χ4n) is 3.46. The summed E-state index contributed by atoms with van der Waals surface area (Å²) >= 11 is 0. The molecule has 0 saturated carbocycles. The lowest BCUT2D eigenvalue weighted by Gasteiger charge is -2.28. The molecule has 1 aromatic carbocycles. The van der Waals surface area contributed by atoms with Gasteiger partial charge >= 0.3 is 6.03 Å². The van der Waals surface area contributed by atoms with E-state index in [0.29, 0.717) is 5.71 Å². The number of urea groups is 1. The van der Waals surface area contributed by atoms with Crippen LogP contribution in [0.15, 0.2) is 35.3 Å². The molecule has 4 amide bonds. The molecule has 0 atom stereocenters. The molecule has 2 saturated heterocycles. The third-order valence-corrected chi connectivity index (χ3v) is 4.76. The Bertz CT molecular complexity index is 674. The van der Waals surface area contributed by atoms with Gasteiger partial charge in [0.2, 0.25) is 11.8 Å². The van der Waals surface area contributed by atoms with Gasteiger partial charge in [-0.2, -0.15) is 0 Å². The summed E-state index contributed by atoms with van der Waals surface area (Å²) in [4.78, 5) is 41.0. The van der Waals surface area contributed by atoms with Gasteiger partial charge in [-0.1, -0.05) is 30.3 Å². The van der Waals surface area contributed by atoms with Crippen LogP contribution >= 0.6 is 0 Å². The van der Waals surface area contributed by atoms with Crippen LogP contribution in [0.25, 0.3) is 0 Å².